The van der Waals surface area contributed by atoms with Crippen LogP contribution < -0.4 is 14.4 Å². The smallest absolute Gasteiger partial charge is 0.178 e. The summed E-state index contributed by atoms with van der Waals surface area (Å²) in [7, 11) is 0. The Morgan fingerprint density at radius 3 is 2.00 bits per heavy atom. The molecule has 0 atom stereocenters. The van der Waals surface area contributed by atoms with Gasteiger partial charge in [-0.05, 0) is 81.4 Å². The number of fused-ring (bicyclic) bond motifs is 12. The molecule has 11 rings (SSSR count). The number of nitrogens with zero attached hydrogens (tertiary/aromatic N) is 1. The fourth-order valence-corrected chi connectivity index (χ4v) is 10.3. The Morgan fingerprint density at radius 2 is 1.13 bits per heavy atom. The van der Waals surface area contributed by atoms with Gasteiger partial charge in [0, 0.05) is 43.6 Å². The molecule has 1 aliphatic heterocycles. The highest BCUT2D eigenvalue weighted by atomic mass is 32.1. The van der Waals surface area contributed by atoms with E-state index in [-0.39, 0.29) is 10.8 Å². The lowest BCUT2D eigenvalue weighted by atomic mass is 9.82. The fraction of sp³-hybridized carbons (Fsp3) is 0.125. The van der Waals surface area contributed by atoms with E-state index in [1.54, 1.807) is 0 Å². The van der Waals surface area contributed by atoms with E-state index in [1.165, 1.54) is 59.1 Å². The quantitative estimate of drug-likeness (QED) is 0.184. The summed E-state index contributed by atoms with van der Waals surface area (Å²) in [6, 6.07) is 50.6. The number of hydrogen-bond donors (Lipinski definition) is 0. The lowest BCUT2D eigenvalue weighted by Gasteiger charge is -2.30. The van der Waals surface area contributed by atoms with Crippen LogP contribution in [-0.2, 0) is 10.8 Å². The Balaban J connectivity index is 1.08. The number of ether oxygens (including phenoxy) is 2. The minimum absolute atomic E-state index is 0.117. The van der Waals surface area contributed by atoms with Crippen LogP contribution in [0.4, 0.5) is 17.1 Å². The van der Waals surface area contributed by atoms with Gasteiger partial charge in [0.15, 0.2) is 23.0 Å². The van der Waals surface area contributed by atoms with E-state index in [2.05, 4.69) is 172 Å². The molecule has 0 spiro atoms. The van der Waals surface area contributed by atoms with Gasteiger partial charge in [-0.15, -0.1) is 11.3 Å². The number of benzene rings is 7. The first-order valence-electron chi connectivity index (χ1n) is 18.0. The summed E-state index contributed by atoms with van der Waals surface area (Å²) >= 11 is 1.85. The minimum atomic E-state index is -0.124. The van der Waals surface area contributed by atoms with Crippen molar-refractivity contribution in [3.63, 3.8) is 0 Å². The largest absolute Gasteiger partial charge is 0.449 e. The first-order valence-corrected chi connectivity index (χ1v) is 18.8. The van der Waals surface area contributed by atoms with Gasteiger partial charge in [0.1, 0.15) is 0 Å². The Labute approximate surface area is 307 Å². The van der Waals surface area contributed by atoms with Crippen molar-refractivity contribution in [2.24, 2.45) is 0 Å². The van der Waals surface area contributed by atoms with Gasteiger partial charge in [-0.1, -0.05) is 119 Å². The van der Waals surface area contributed by atoms with Crippen molar-refractivity contribution in [3.8, 4) is 45.3 Å². The summed E-state index contributed by atoms with van der Waals surface area (Å²) in [4.78, 5) is 2.40. The predicted octanol–water partition coefficient (Wildman–Crippen LogP) is 14.0. The molecule has 0 unspecified atom stereocenters. The Bertz CT molecular complexity index is 2820. The normalized spacial score (nSPS) is 15.2. The predicted molar refractivity (Wildman–Crippen MR) is 216 cm³/mol. The molecule has 0 fully saturated rings. The van der Waals surface area contributed by atoms with E-state index < -0.39 is 0 Å². The van der Waals surface area contributed by atoms with Crippen molar-refractivity contribution in [2.75, 3.05) is 4.90 Å². The maximum Gasteiger partial charge on any atom is 0.178 e. The van der Waals surface area contributed by atoms with Gasteiger partial charge in [0.25, 0.3) is 0 Å². The first-order chi connectivity index (χ1) is 25.3. The van der Waals surface area contributed by atoms with Crippen molar-refractivity contribution >= 4 is 48.6 Å². The van der Waals surface area contributed by atoms with Crippen LogP contribution in [0.2, 0.25) is 0 Å². The topological polar surface area (TPSA) is 21.7 Å². The van der Waals surface area contributed by atoms with E-state index in [4.69, 9.17) is 9.47 Å². The number of hydrogen-bond acceptors (Lipinski definition) is 4. The average Bonchev–Trinajstić information content (AvgIpc) is 3.74. The Morgan fingerprint density at radius 1 is 0.481 bits per heavy atom. The molecule has 3 nitrogen and oxygen atoms in total. The van der Waals surface area contributed by atoms with E-state index >= 15 is 0 Å². The van der Waals surface area contributed by atoms with Gasteiger partial charge in [-0.25, -0.2) is 0 Å². The molecular weight excluding hydrogens is 655 g/mol. The highest BCUT2D eigenvalue weighted by Crippen LogP contribution is 2.59. The average molecular weight is 690 g/mol. The summed E-state index contributed by atoms with van der Waals surface area (Å²) in [6.07, 6.45) is 0. The molecule has 0 saturated heterocycles. The monoisotopic (exact) mass is 689 g/mol. The number of rotatable bonds is 3. The molecule has 0 bridgehead atoms. The van der Waals surface area contributed by atoms with E-state index in [0.29, 0.717) is 5.75 Å². The maximum absolute atomic E-state index is 6.81. The SMILES string of the molecule is CC1(C)c2ccccc2-c2ccc(N(c3ccc4c(c3)Oc3ccc5c(c3O4)-c3ccccc3C5(C)C)c3cccc4c3sc3ccccc34)cc21. The molecule has 0 saturated carbocycles. The fourth-order valence-electron chi connectivity index (χ4n) is 9.12. The second kappa shape index (κ2) is 10.4. The van der Waals surface area contributed by atoms with Gasteiger partial charge in [-0.3, -0.25) is 0 Å². The lowest BCUT2D eigenvalue weighted by molar-refractivity contribution is 0.360. The summed E-state index contributed by atoms with van der Waals surface area (Å²) in [5.74, 6) is 2.96. The molecular formula is C48H35NO2S. The molecule has 8 aromatic rings. The summed E-state index contributed by atoms with van der Waals surface area (Å²) in [6.45, 7) is 9.27. The zero-order chi connectivity index (χ0) is 34.9. The van der Waals surface area contributed by atoms with Crippen LogP contribution in [0, 0.1) is 0 Å². The van der Waals surface area contributed by atoms with E-state index in [0.717, 1.165) is 39.9 Å². The molecule has 3 aliphatic rings. The highest BCUT2D eigenvalue weighted by Gasteiger charge is 2.40. The summed E-state index contributed by atoms with van der Waals surface area (Å²) < 4.78 is 16.1. The minimum Gasteiger partial charge on any atom is -0.449 e. The van der Waals surface area contributed by atoms with Gasteiger partial charge in [0.05, 0.1) is 16.1 Å². The van der Waals surface area contributed by atoms with E-state index in [9.17, 15) is 0 Å². The third-order valence-corrected chi connectivity index (χ3v) is 12.9. The number of thiophene rings is 1. The van der Waals surface area contributed by atoms with Crippen molar-refractivity contribution in [3.05, 3.63) is 162 Å². The Kier molecular flexibility index (Phi) is 5.95. The molecule has 1 aromatic heterocycles. The lowest BCUT2D eigenvalue weighted by Crippen LogP contribution is -2.16. The molecule has 2 aliphatic carbocycles. The third kappa shape index (κ3) is 3.96. The molecule has 0 radical (unpaired) electrons. The van der Waals surface area contributed by atoms with Crippen molar-refractivity contribution in [2.45, 2.75) is 38.5 Å². The molecule has 52 heavy (non-hydrogen) atoms. The zero-order valence-corrected chi connectivity index (χ0v) is 30.3. The Hall–Kier alpha value is -5.84. The van der Waals surface area contributed by atoms with Crippen molar-refractivity contribution < 1.29 is 9.47 Å². The standard InChI is InChI=1S/C48H35NO2S/c1-47(2)36-17-9-6-14-34(36)44-37(47)23-25-41-45(44)51-40-24-21-29(27-42(40)50-41)49(39-18-11-15-33-32-13-7-10-19-43(32)52-46(33)39)28-20-22-31-30-12-5-8-16-35(30)48(3,4)38(31)26-28/h5-27H,1-4H3. The third-order valence-electron chi connectivity index (χ3n) is 11.7. The summed E-state index contributed by atoms with van der Waals surface area (Å²) in [5.41, 5.74) is 13.3. The van der Waals surface area contributed by atoms with Crippen molar-refractivity contribution in [1.82, 2.24) is 0 Å². The van der Waals surface area contributed by atoms with Crippen LogP contribution in [0.25, 0.3) is 42.4 Å². The molecule has 0 N–H and O–H groups in total. The van der Waals surface area contributed by atoms with Crippen LogP contribution in [0.15, 0.2) is 140 Å². The second-order valence-corrected chi connectivity index (χ2v) is 16.4. The van der Waals surface area contributed by atoms with Gasteiger partial charge in [0.2, 0.25) is 0 Å². The van der Waals surface area contributed by atoms with Gasteiger partial charge in [-0.2, -0.15) is 0 Å². The second-order valence-electron chi connectivity index (χ2n) is 15.3. The van der Waals surface area contributed by atoms with Crippen LogP contribution >= 0.6 is 11.3 Å². The first kappa shape index (κ1) is 29.8. The maximum atomic E-state index is 6.81. The molecule has 0 amide bonds. The van der Waals surface area contributed by atoms with Gasteiger partial charge < -0.3 is 14.4 Å². The van der Waals surface area contributed by atoms with Gasteiger partial charge >= 0.3 is 0 Å². The van der Waals surface area contributed by atoms with Crippen LogP contribution in [0.5, 0.6) is 23.0 Å². The van der Waals surface area contributed by atoms with Crippen LogP contribution in [0.3, 0.4) is 0 Å². The van der Waals surface area contributed by atoms with Crippen molar-refractivity contribution in [1.29, 1.82) is 0 Å². The highest BCUT2D eigenvalue weighted by molar-refractivity contribution is 7.26. The summed E-state index contributed by atoms with van der Waals surface area (Å²) in [5, 5.41) is 2.55. The van der Waals surface area contributed by atoms with Crippen LogP contribution in [-0.4, -0.2) is 0 Å². The molecule has 7 aromatic carbocycles. The van der Waals surface area contributed by atoms with E-state index in [1.807, 2.05) is 11.3 Å². The molecule has 250 valence electrons. The molecule has 2 heterocycles. The van der Waals surface area contributed by atoms with Crippen LogP contribution in [0.1, 0.15) is 49.9 Å². The molecule has 4 heteroatoms. The zero-order valence-electron chi connectivity index (χ0n) is 29.5. The number of anilines is 3.